The van der Waals surface area contributed by atoms with Crippen LogP contribution >= 0.6 is 0 Å². The van der Waals surface area contributed by atoms with Gasteiger partial charge in [0.05, 0.1) is 17.7 Å². The van der Waals surface area contributed by atoms with Crippen molar-refractivity contribution < 1.29 is 17.9 Å². The smallest absolute Gasteiger partial charge is 0.243 e. The van der Waals surface area contributed by atoms with Crippen molar-refractivity contribution in [2.45, 2.75) is 43.9 Å². The first-order chi connectivity index (χ1) is 10.9. The lowest BCUT2D eigenvalue weighted by atomic mass is 10.1. The fraction of sp³-hybridized carbons (Fsp3) is 0.562. The molecule has 1 saturated heterocycles. The van der Waals surface area contributed by atoms with Gasteiger partial charge >= 0.3 is 0 Å². The molecule has 0 aliphatic carbocycles. The van der Waals surface area contributed by atoms with Gasteiger partial charge in [-0.15, -0.1) is 0 Å². The van der Waals surface area contributed by atoms with Gasteiger partial charge in [-0.3, -0.25) is 4.79 Å². The molecule has 0 aromatic heterocycles. The van der Waals surface area contributed by atoms with Gasteiger partial charge in [0.15, 0.2) is 0 Å². The van der Waals surface area contributed by atoms with Gasteiger partial charge in [0.25, 0.3) is 0 Å². The highest BCUT2D eigenvalue weighted by Crippen LogP contribution is 2.29. The molecular formula is C16H24N2O4S. The van der Waals surface area contributed by atoms with Crippen molar-refractivity contribution >= 4 is 21.6 Å². The number of methoxy groups -OCH3 is 1. The van der Waals surface area contributed by atoms with Crippen molar-refractivity contribution in [2.24, 2.45) is 0 Å². The van der Waals surface area contributed by atoms with E-state index in [4.69, 9.17) is 4.74 Å². The van der Waals surface area contributed by atoms with Crippen LogP contribution in [-0.2, 0) is 14.8 Å². The molecule has 23 heavy (non-hydrogen) atoms. The van der Waals surface area contributed by atoms with Crippen LogP contribution in [0.3, 0.4) is 0 Å². The minimum Gasteiger partial charge on any atom is -0.495 e. The van der Waals surface area contributed by atoms with Crippen LogP contribution in [-0.4, -0.2) is 38.8 Å². The fourth-order valence-corrected chi connectivity index (χ4v) is 4.29. The molecule has 0 bridgehead atoms. The summed E-state index contributed by atoms with van der Waals surface area (Å²) in [5.41, 5.74) is 0.369. The Morgan fingerprint density at radius 2 is 1.74 bits per heavy atom. The number of sulfonamides is 1. The molecule has 1 aliphatic heterocycles. The summed E-state index contributed by atoms with van der Waals surface area (Å²) in [5, 5.41) is 2.62. The monoisotopic (exact) mass is 340 g/mol. The molecule has 7 heteroatoms. The van der Waals surface area contributed by atoms with Crippen molar-refractivity contribution in [3.63, 3.8) is 0 Å². The minimum atomic E-state index is -3.56. The maximum absolute atomic E-state index is 12.9. The molecule has 2 rings (SSSR count). The first-order valence-electron chi connectivity index (χ1n) is 7.91. The Labute approximate surface area is 137 Å². The third-order valence-corrected chi connectivity index (χ3v) is 5.83. The number of carbonyl (C=O) groups is 1. The predicted molar refractivity (Wildman–Crippen MR) is 89.1 cm³/mol. The van der Waals surface area contributed by atoms with Crippen LogP contribution in [0, 0.1) is 0 Å². The highest BCUT2D eigenvalue weighted by molar-refractivity contribution is 7.89. The van der Waals surface area contributed by atoms with Gasteiger partial charge in [-0.05, 0) is 31.0 Å². The van der Waals surface area contributed by atoms with E-state index >= 15 is 0 Å². The number of ether oxygens (including phenoxy) is 1. The van der Waals surface area contributed by atoms with E-state index in [2.05, 4.69) is 5.32 Å². The summed E-state index contributed by atoms with van der Waals surface area (Å²) in [7, 11) is -2.08. The van der Waals surface area contributed by atoms with E-state index in [1.807, 2.05) is 0 Å². The van der Waals surface area contributed by atoms with Crippen molar-refractivity contribution in [3.8, 4) is 5.75 Å². The molecule has 0 saturated carbocycles. The summed E-state index contributed by atoms with van der Waals surface area (Å²) in [6.45, 7) is 2.46. The molecule has 0 radical (unpaired) electrons. The number of nitrogens with zero attached hydrogens (tertiary/aromatic N) is 1. The SMILES string of the molecule is COc1ccc(S(=O)(=O)N2CCCCCCC2)cc1NC(C)=O. The Hall–Kier alpha value is -1.60. The number of hydrogen-bond acceptors (Lipinski definition) is 4. The molecule has 0 spiro atoms. The predicted octanol–water partition coefficient (Wildman–Crippen LogP) is 2.61. The lowest BCUT2D eigenvalue weighted by molar-refractivity contribution is -0.114. The van der Waals surface area contributed by atoms with Crippen LogP contribution < -0.4 is 10.1 Å². The molecule has 1 amide bonds. The van der Waals surface area contributed by atoms with Gasteiger partial charge in [0.1, 0.15) is 5.75 Å². The molecule has 0 atom stereocenters. The number of benzene rings is 1. The lowest BCUT2D eigenvalue weighted by Gasteiger charge is -2.24. The molecule has 128 valence electrons. The molecular weight excluding hydrogens is 316 g/mol. The van der Waals surface area contributed by atoms with Gasteiger partial charge in [0.2, 0.25) is 15.9 Å². The molecule has 6 nitrogen and oxygen atoms in total. The summed E-state index contributed by atoms with van der Waals surface area (Å²) in [4.78, 5) is 11.5. The van der Waals surface area contributed by atoms with E-state index in [0.29, 0.717) is 24.5 Å². The Kier molecular flexibility index (Phi) is 6.01. The quantitative estimate of drug-likeness (QED) is 0.914. The second kappa shape index (κ2) is 7.79. The zero-order valence-electron chi connectivity index (χ0n) is 13.7. The maximum atomic E-state index is 12.9. The van der Waals surface area contributed by atoms with Crippen molar-refractivity contribution in [3.05, 3.63) is 18.2 Å². The van der Waals surface area contributed by atoms with E-state index < -0.39 is 10.0 Å². The van der Waals surface area contributed by atoms with Crippen molar-refractivity contribution in [1.29, 1.82) is 0 Å². The van der Waals surface area contributed by atoms with Crippen LogP contribution in [0.1, 0.15) is 39.0 Å². The van der Waals surface area contributed by atoms with Crippen molar-refractivity contribution in [1.82, 2.24) is 4.31 Å². The first kappa shape index (κ1) is 17.7. The molecule has 1 fully saturated rings. The number of anilines is 1. The van der Waals surface area contributed by atoms with Crippen LogP contribution in [0.25, 0.3) is 0 Å². The molecule has 1 aliphatic rings. The summed E-state index contributed by atoms with van der Waals surface area (Å²) in [6.07, 6.45) is 5.06. The average Bonchev–Trinajstić information content (AvgIpc) is 2.45. The van der Waals surface area contributed by atoms with E-state index in [9.17, 15) is 13.2 Å². The number of rotatable bonds is 4. The van der Waals surface area contributed by atoms with Crippen LogP contribution in [0.2, 0.25) is 0 Å². The fourth-order valence-electron chi connectivity index (χ4n) is 2.74. The standard InChI is InChI=1S/C16H24N2O4S/c1-13(19)17-15-12-14(8-9-16(15)22-2)23(20,21)18-10-6-4-3-5-7-11-18/h8-9,12H,3-7,10-11H2,1-2H3,(H,17,19). The summed E-state index contributed by atoms with van der Waals surface area (Å²) in [6, 6.07) is 4.56. The van der Waals surface area contributed by atoms with Gasteiger partial charge in [-0.1, -0.05) is 19.3 Å². The Bertz CT molecular complexity index is 650. The zero-order chi connectivity index (χ0) is 16.9. The highest BCUT2D eigenvalue weighted by Gasteiger charge is 2.25. The Balaban J connectivity index is 2.32. The average molecular weight is 340 g/mol. The second-order valence-electron chi connectivity index (χ2n) is 5.72. The minimum absolute atomic E-state index is 0.183. The molecule has 1 heterocycles. The van der Waals surface area contributed by atoms with E-state index in [1.165, 1.54) is 32.6 Å². The Morgan fingerprint density at radius 1 is 1.13 bits per heavy atom. The highest BCUT2D eigenvalue weighted by atomic mass is 32.2. The van der Waals surface area contributed by atoms with Crippen molar-refractivity contribution in [2.75, 3.05) is 25.5 Å². The molecule has 1 aromatic carbocycles. The van der Waals surface area contributed by atoms with Crippen LogP contribution in [0.4, 0.5) is 5.69 Å². The first-order valence-corrected chi connectivity index (χ1v) is 9.35. The molecule has 1 aromatic rings. The van der Waals surface area contributed by atoms with Crippen LogP contribution in [0.5, 0.6) is 5.75 Å². The number of hydrogen-bond donors (Lipinski definition) is 1. The summed E-state index contributed by atoms with van der Waals surface area (Å²) >= 11 is 0. The number of carbonyl (C=O) groups excluding carboxylic acids is 1. The van der Waals surface area contributed by atoms with Gasteiger partial charge in [0, 0.05) is 20.0 Å². The second-order valence-corrected chi connectivity index (χ2v) is 7.65. The molecule has 1 N–H and O–H groups in total. The lowest BCUT2D eigenvalue weighted by Crippen LogP contribution is -2.33. The van der Waals surface area contributed by atoms with E-state index in [0.717, 1.165) is 25.7 Å². The maximum Gasteiger partial charge on any atom is 0.243 e. The summed E-state index contributed by atoms with van der Waals surface area (Å²) < 4.78 is 32.4. The number of amides is 1. The van der Waals surface area contributed by atoms with Gasteiger partial charge in [-0.25, -0.2) is 8.42 Å². The third kappa shape index (κ3) is 4.45. The Morgan fingerprint density at radius 3 is 2.30 bits per heavy atom. The third-order valence-electron chi connectivity index (χ3n) is 3.93. The van der Waals surface area contributed by atoms with Gasteiger partial charge < -0.3 is 10.1 Å². The van der Waals surface area contributed by atoms with Gasteiger partial charge in [-0.2, -0.15) is 4.31 Å². The van der Waals surface area contributed by atoms with E-state index in [-0.39, 0.29) is 10.8 Å². The normalized spacial score (nSPS) is 17.1. The topological polar surface area (TPSA) is 75.7 Å². The largest absolute Gasteiger partial charge is 0.495 e. The summed E-state index contributed by atoms with van der Waals surface area (Å²) in [5.74, 6) is 0.163. The molecule has 0 unspecified atom stereocenters. The zero-order valence-corrected chi connectivity index (χ0v) is 14.5. The number of nitrogens with one attached hydrogen (secondary N) is 1. The van der Waals surface area contributed by atoms with E-state index in [1.54, 1.807) is 10.4 Å². The van der Waals surface area contributed by atoms with Crippen LogP contribution in [0.15, 0.2) is 23.1 Å².